The maximum absolute atomic E-state index is 12.1. The van der Waals surface area contributed by atoms with E-state index in [4.69, 9.17) is 0 Å². The Bertz CT molecular complexity index is 852. The van der Waals surface area contributed by atoms with Gasteiger partial charge in [0.15, 0.2) is 5.78 Å². The van der Waals surface area contributed by atoms with Crippen molar-refractivity contribution < 1.29 is 4.79 Å². The molecule has 2 aromatic carbocycles. The van der Waals surface area contributed by atoms with E-state index < -0.39 is 0 Å². The lowest BCUT2D eigenvalue weighted by Crippen LogP contribution is -2.05. The van der Waals surface area contributed by atoms with Gasteiger partial charge < -0.3 is 4.57 Å². The lowest BCUT2D eigenvalue weighted by Gasteiger charge is -2.17. The predicted octanol–water partition coefficient (Wildman–Crippen LogP) is 5.15. The first-order chi connectivity index (χ1) is 11.3. The molecule has 2 nitrogen and oxygen atoms in total. The third-order valence-electron chi connectivity index (χ3n) is 4.29. The molecule has 3 heteroatoms. The summed E-state index contributed by atoms with van der Waals surface area (Å²) in [5.74, 6) is 1.02. The third kappa shape index (κ3) is 2.41. The molecule has 0 aliphatic carbocycles. The topological polar surface area (TPSA) is 22.0 Å². The molecule has 0 N–H and O–H groups in total. The van der Waals surface area contributed by atoms with Gasteiger partial charge in [0.25, 0.3) is 0 Å². The second-order valence-electron chi connectivity index (χ2n) is 5.76. The van der Waals surface area contributed by atoms with Gasteiger partial charge in [0.1, 0.15) is 5.37 Å². The number of hydrogen-bond acceptors (Lipinski definition) is 2. The van der Waals surface area contributed by atoms with E-state index in [0.717, 1.165) is 28.3 Å². The number of fused-ring (bicyclic) bond motifs is 1. The Balaban J connectivity index is 1.92. The molecule has 114 valence electrons. The first kappa shape index (κ1) is 14.3. The predicted molar refractivity (Wildman–Crippen MR) is 95.7 cm³/mol. The van der Waals surface area contributed by atoms with Crippen molar-refractivity contribution in [2.24, 2.45) is 0 Å². The fourth-order valence-electron chi connectivity index (χ4n) is 3.21. The van der Waals surface area contributed by atoms with Crippen LogP contribution in [0.5, 0.6) is 0 Å². The number of nitrogens with zero attached hydrogens (tertiary/aromatic N) is 1. The number of carbonyl (C=O) groups is 1. The smallest absolute Gasteiger partial charge is 0.161 e. The van der Waals surface area contributed by atoms with Crippen LogP contribution in [0.15, 0.2) is 66.7 Å². The Kier molecular flexibility index (Phi) is 3.58. The number of benzene rings is 2. The molecule has 0 saturated heterocycles. The van der Waals surface area contributed by atoms with Gasteiger partial charge in [0.2, 0.25) is 0 Å². The second kappa shape index (κ2) is 5.74. The first-order valence-corrected chi connectivity index (χ1v) is 8.77. The quantitative estimate of drug-likeness (QED) is 0.623. The number of ketones is 1. The molecule has 23 heavy (non-hydrogen) atoms. The van der Waals surface area contributed by atoms with E-state index in [1.807, 2.05) is 36.0 Å². The summed E-state index contributed by atoms with van der Waals surface area (Å²) < 4.78 is 2.34. The lowest BCUT2D eigenvalue weighted by molar-refractivity contribution is 0.101. The Hall–Kier alpha value is -2.26. The molecule has 1 atom stereocenters. The zero-order valence-corrected chi connectivity index (χ0v) is 13.7. The van der Waals surface area contributed by atoms with E-state index in [2.05, 4.69) is 47.0 Å². The summed E-state index contributed by atoms with van der Waals surface area (Å²) in [5, 5.41) is 0.231. The van der Waals surface area contributed by atoms with Crippen LogP contribution < -0.4 is 0 Å². The Morgan fingerprint density at radius 2 is 1.70 bits per heavy atom. The van der Waals surface area contributed by atoms with Crippen molar-refractivity contribution >= 4 is 17.5 Å². The van der Waals surface area contributed by atoms with Gasteiger partial charge in [-0.05, 0) is 24.1 Å². The van der Waals surface area contributed by atoms with Crippen molar-refractivity contribution in [1.82, 2.24) is 4.57 Å². The molecule has 2 heterocycles. The van der Waals surface area contributed by atoms with Crippen LogP contribution in [-0.4, -0.2) is 10.4 Å². The van der Waals surface area contributed by atoms with E-state index in [1.165, 1.54) is 5.56 Å². The molecule has 0 amide bonds. The minimum absolute atomic E-state index is 0.144. The molecule has 0 fully saturated rings. The molecular weight excluding hydrogens is 302 g/mol. The Labute approximate surface area is 140 Å². The summed E-state index contributed by atoms with van der Waals surface area (Å²) >= 11 is 1.88. The number of hydrogen-bond donors (Lipinski definition) is 0. The van der Waals surface area contributed by atoms with Crippen molar-refractivity contribution in [3.8, 4) is 11.3 Å². The van der Waals surface area contributed by atoms with Gasteiger partial charge in [0.05, 0.1) is 5.69 Å². The second-order valence-corrected chi connectivity index (χ2v) is 6.82. The molecule has 3 aromatic rings. The van der Waals surface area contributed by atoms with E-state index in [9.17, 15) is 4.79 Å². The van der Waals surface area contributed by atoms with Crippen LogP contribution in [0.1, 0.15) is 33.9 Å². The van der Waals surface area contributed by atoms with Crippen LogP contribution in [0.3, 0.4) is 0 Å². The van der Waals surface area contributed by atoms with E-state index in [0.29, 0.717) is 0 Å². The van der Waals surface area contributed by atoms with E-state index in [-0.39, 0.29) is 11.2 Å². The third-order valence-corrected chi connectivity index (χ3v) is 5.53. The minimum Gasteiger partial charge on any atom is -0.326 e. The normalized spacial score (nSPS) is 16.3. The number of rotatable bonds is 3. The van der Waals surface area contributed by atoms with Crippen molar-refractivity contribution in [3.63, 3.8) is 0 Å². The average molecular weight is 319 g/mol. The van der Waals surface area contributed by atoms with Gasteiger partial charge in [-0.2, -0.15) is 0 Å². The standard InChI is InChI=1S/C20H17NOS/c1-14(22)17-12-18(15-8-4-2-5-9-15)21-19(17)13-23-20(21)16-10-6-3-7-11-16/h2-12,20H,13H2,1H3/t20-/m0/s1. The van der Waals surface area contributed by atoms with Crippen LogP contribution >= 0.6 is 11.8 Å². The highest BCUT2D eigenvalue weighted by Gasteiger charge is 2.30. The molecule has 0 spiro atoms. The van der Waals surface area contributed by atoms with Gasteiger partial charge in [-0.1, -0.05) is 60.7 Å². The highest BCUT2D eigenvalue weighted by Crippen LogP contribution is 2.46. The van der Waals surface area contributed by atoms with E-state index in [1.54, 1.807) is 6.92 Å². The monoisotopic (exact) mass is 319 g/mol. The van der Waals surface area contributed by atoms with Crippen molar-refractivity contribution in [1.29, 1.82) is 0 Å². The van der Waals surface area contributed by atoms with Crippen LogP contribution in [0, 0.1) is 0 Å². The highest BCUT2D eigenvalue weighted by atomic mass is 32.2. The van der Waals surface area contributed by atoms with Crippen LogP contribution in [-0.2, 0) is 5.75 Å². The van der Waals surface area contributed by atoms with Crippen molar-refractivity contribution in [2.75, 3.05) is 0 Å². The summed E-state index contributed by atoms with van der Waals surface area (Å²) in [6.07, 6.45) is 0. The van der Waals surface area contributed by atoms with Crippen LogP contribution in [0.25, 0.3) is 11.3 Å². The number of carbonyl (C=O) groups excluding carboxylic acids is 1. The van der Waals surface area contributed by atoms with Gasteiger partial charge in [0, 0.05) is 17.0 Å². The minimum atomic E-state index is 0.144. The fraction of sp³-hybridized carbons (Fsp3) is 0.150. The molecule has 0 radical (unpaired) electrons. The van der Waals surface area contributed by atoms with Crippen molar-refractivity contribution in [3.05, 3.63) is 83.6 Å². The summed E-state index contributed by atoms with van der Waals surface area (Å²) in [5.41, 5.74) is 5.57. The van der Waals surface area contributed by atoms with Gasteiger partial charge in [-0.15, -0.1) is 11.8 Å². The molecule has 1 aliphatic rings. The number of aromatic nitrogens is 1. The maximum atomic E-state index is 12.1. The first-order valence-electron chi connectivity index (χ1n) is 7.72. The maximum Gasteiger partial charge on any atom is 0.161 e. The summed E-state index contributed by atoms with van der Waals surface area (Å²) in [7, 11) is 0. The number of Topliss-reactive ketones (excluding diaryl/α,β-unsaturated/α-hetero) is 1. The van der Waals surface area contributed by atoms with E-state index >= 15 is 0 Å². The summed E-state index contributed by atoms with van der Waals surface area (Å²) in [6.45, 7) is 1.66. The molecule has 1 aliphatic heterocycles. The number of thioether (sulfide) groups is 1. The fourth-order valence-corrected chi connectivity index (χ4v) is 4.56. The van der Waals surface area contributed by atoms with Gasteiger partial charge >= 0.3 is 0 Å². The largest absolute Gasteiger partial charge is 0.326 e. The Morgan fingerprint density at radius 3 is 2.35 bits per heavy atom. The highest BCUT2D eigenvalue weighted by molar-refractivity contribution is 7.99. The van der Waals surface area contributed by atoms with Crippen LogP contribution in [0.2, 0.25) is 0 Å². The molecule has 0 bridgehead atoms. The molecule has 0 unspecified atom stereocenters. The van der Waals surface area contributed by atoms with Crippen molar-refractivity contribution in [2.45, 2.75) is 18.1 Å². The molecular formula is C20H17NOS. The molecule has 4 rings (SSSR count). The van der Waals surface area contributed by atoms with Gasteiger partial charge in [-0.3, -0.25) is 4.79 Å². The lowest BCUT2D eigenvalue weighted by atomic mass is 10.1. The zero-order chi connectivity index (χ0) is 15.8. The zero-order valence-electron chi connectivity index (χ0n) is 12.9. The van der Waals surface area contributed by atoms with Gasteiger partial charge in [-0.25, -0.2) is 0 Å². The SMILES string of the molecule is CC(=O)c1cc(-c2ccccc2)n2c1CS[C@H]2c1ccccc1. The molecule has 1 aromatic heterocycles. The summed E-state index contributed by atoms with van der Waals surface area (Å²) in [4.78, 5) is 12.1. The van der Waals surface area contributed by atoms with Crippen LogP contribution in [0.4, 0.5) is 0 Å². The average Bonchev–Trinajstić information content (AvgIpc) is 3.16. The summed E-state index contributed by atoms with van der Waals surface area (Å²) in [6, 6.07) is 22.9. The Morgan fingerprint density at radius 1 is 1.04 bits per heavy atom. The molecule has 0 saturated carbocycles.